The monoisotopic (exact) mass is 270 g/mol. The number of alkyl halides is 1. The lowest BCUT2D eigenvalue weighted by atomic mass is 10.1. The standard InChI is InChI=1S/C18H35F/c1-2-3-4-5-6-7-8-9-10-11-12-13-14-15-16-17-18-19/h9-10H,2-8,11-18H2,1H3/b10-9-. The maximum Gasteiger partial charge on any atom is 0.0894 e. The Labute approximate surface area is 120 Å². The molecule has 0 unspecified atom stereocenters. The normalized spacial score (nSPS) is 11.5. The highest BCUT2D eigenvalue weighted by Crippen LogP contribution is 2.09. The topological polar surface area (TPSA) is 0 Å². The third-order valence-electron chi connectivity index (χ3n) is 3.65. The highest BCUT2D eigenvalue weighted by Gasteiger charge is 1.90. The average Bonchev–Trinajstić information content (AvgIpc) is 2.43. The van der Waals surface area contributed by atoms with Gasteiger partial charge >= 0.3 is 0 Å². The zero-order chi connectivity index (χ0) is 14.0. The second kappa shape index (κ2) is 17.7. The van der Waals surface area contributed by atoms with Crippen LogP contribution >= 0.6 is 0 Å². The van der Waals surface area contributed by atoms with Crippen LogP contribution in [0.25, 0.3) is 0 Å². The van der Waals surface area contributed by atoms with Gasteiger partial charge in [-0.05, 0) is 32.1 Å². The van der Waals surface area contributed by atoms with Crippen LogP contribution < -0.4 is 0 Å². The average molecular weight is 270 g/mol. The molecular formula is C18H35F. The van der Waals surface area contributed by atoms with Crippen molar-refractivity contribution in [2.24, 2.45) is 0 Å². The van der Waals surface area contributed by atoms with Crippen molar-refractivity contribution >= 4 is 0 Å². The fraction of sp³-hybridized carbons (Fsp3) is 0.889. The van der Waals surface area contributed by atoms with Crippen molar-refractivity contribution in [3.8, 4) is 0 Å². The van der Waals surface area contributed by atoms with Crippen LogP contribution in [0.5, 0.6) is 0 Å². The van der Waals surface area contributed by atoms with E-state index in [4.69, 9.17) is 0 Å². The molecule has 0 N–H and O–H groups in total. The lowest BCUT2D eigenvalue weighted by molar-refractivity contribution is 0.450. The Kier molecular flexibility index (Phi) is 17.4. The quantitative estimate of drug-likeness (QED) is 0.222. The smallest absolute Gasteiger partial charge is 0.0894 e. The van der Waals surface area contributed by atoms with E-state index in [-0.39, 0.29) is 6.67 Å². The van der Waals surface area contributed by atoms with Gasteiger partial charge in [0.05, 0.1) is 6.67 Å². The van der Waals surface area contributed by atoms with E-state index in [2.05, 4.69) is 19.1 Å². The SMILES string of the molecule is CCCCCCCC/C=C\CCCCCCCCF. The Morgan fingerprint density at radius 3 is 1.47 bits per heavy atom. The lowest BCUT2D eigenvalue weighted by Crippen LogP contribution is -1.81. The molecule has 19 heavy (non-hydrogen) atoms. The van der Waals surface area contributed by atoms with Gasteiger partial charge in [0.2, 0.25) is 0 Å². The molecule has 0 atom stereocenters. The summed E-state index contributed by atoms with van der Waals surface area (Å²) in [6.07, 6.45) is 22.5. The summed E-state index contributed by atoms with van der Waals surface area (Å²) < 4.78 is 11.8. The highest BCUT2D eigenvalue weighted by molar-refractivity contribution is 4.81. The van der Waals surface area contributed by atoms with Crippen LogP contribution in [0.15, 0.2) is 12.2 Å². The van der Waals surface area contributed by atoms with Gasteiger partial charge in [0, 0.05) is 0 Å². The number of rotatable bonds is 15. The number of hydrogen-bond acceptors (Lipinski definition) is 0. The second-order valence-corrected chi connectivity index (χ2v) is 5.63. The molecule has 1 heteroatoms. The summed E-state index contributed by atoms with van der Waals surface area (Å²) in [5, 5.41) is 0. The Morgan fingerprint density at radius 1 is 0.579 bits per heavy atom. The molecule has 0 bridgehead atoms. The zero-order valence-electron chi connectivity index (χ0n) is 13.1. The molecule has 0 amide bonds. The first-order chi connectivity index (χ1) is 9.41. The van der Waals surface area contributed by atoms with Gasteiger partial charge in [-0.15, -0.1) is 0 Å². The van der Waals surface area contributed by atoms with E-state index >= 15 is 0 Å². The minimum absolute atomic E-state index is 0.138. The molecule has 0 nitrogen and oxygen atoms in total. The molecule has 0 saturated carbocycles. The summed E-state index contributed by atoms with van der Waals surface area (Å²) in [5.41, 5.74) is 0. The molecule has 0 fully saturated rings. The van der Waals surface area contributed by atoms with Crippen molar-refractivity contribution in [2.75, 3.05) is 6.67 Å². The number of halogens is 1. The van der Waals surface area contributed by atoms with Crippen LogP contribution in [-0.4, -0.2) is 6.67 Å². The van der Waals surface area contributed by atoms with Gasteiger partial charge in [0.15, 0.2) is 0 Å². The molecule has 0 heterocycles. The van der Waals surface area contributed by atoms with Gasteiger partial charge in [0.1, 0.15) is 0 Å². The van der Waals surface area contributed by atoms with Crippen LogP contribution in [0, 0.1) is 0 Å². The van der Waals surface area contributed by atoms with Gasteiger partial charge in [-0.1, -0.05) is 76.9 Å². The predicted octanol–water partition coefficient (Wildman–Crippen LogP) is 6.99. The van der Waals surface area contributed by atoms with E-state index in [0.717, 1.165) is 12.8 Å². The van der Waals surface area contributed by atoms with Crippen molar-refractivity contribution in [2.45, 2.75) is 96.8 Å². The summed E-state index contributed by atoms with van der Waals surface area (Å²) in [7, 11) is 0. The molecule has 0 aromatic heterocycles. The van der Waals surface area contributed by atoms with Crippen molar-refractivity contribution in [3.05, 3.63) is 12.2 Å². The Balaban J connectivity index is 3.01. The van der Waals surface area contributed by atoms with Crippen LogP contribution in [0.1, 0.15) is 96.8 Å². The van der Waals surface area contributed by atoms with Crippen LogP contribution in [0.3, 0.4) is 0 Å². The Hall–Kier alpha value is -0.330. The summed E-state index contributed by atoms with van der Waals surface area (Å²) >= 11 is 0. The predicted molar refractivity (Wildman–Crippen MR) is 85.4 cm³/mol. The van der Waals surface area contributed by atoms with Crippen molar-refractivity contribution in [1.82, 2.24) is 0 Å². The van der Waals surface area contributed by atoms with Gasteiger partial charge < -0.3 is 0 Å². The molecule has 0 radical (unpaired) electrons. The Bertz CT molecular complexity index is 175. The van der Waals surface area contributed by atoms with Crippen molar-refractivity contribution < 1.29 is 4.39 Å². The maximum atomic E-state index is 11.8. The van der Waals surface area contributed by atoms with Crippen LogP contribution in [-0.2, 0) is 0 Å². The Morgan fingerprint density at radius 2 is 1.00 bits per heavy atom. The first kappa shape index (κ1) is 18.7. The molecule has 0 aromatic rings. The van der Waals surface area contributed by atoms with Gasteiger partial charge in [-0.25, -0.2) is 0 Å². The minimum Gasteiger partial charge on any atom is -0.251 e. The molecular weight excluding hydrogens is 235 g/mol. The second-order valence-electron chi connectivity index (χ2n) is 5.63. The highest BCUT2D eigenvalue weighted by atomic mass is 19.1. The third-order valence-corrected chi connectivity index (χ3v) is 3.65. The fourth-order valence-electron chi connectivity index (χ4n) is 2.34. The van der Waals surface area contributed by atoms with Crippen LogP contribution in [0.2, 0.25) is 0 Å². The number of hydrogen-bond donors (Lipinski definition) is 0. The largest absolute Gasteiger partial charge is 0.251 e. The molecule has 0 aromatic carbocycles. The molecule has 114 valence electrons. The van der Waals surface area contributed by atoms with Crippen molar-refractivity contribution in [1.29, 1.82) is 0 Å². The fourth-order valence-corrected chi connectivity index (χ4v) is 2.34. The first-order valence-electron chi connectivity index (χ1n) is 8.62. The zero-order valence-corrected chi connectivity index (χ0v) is 13.1. The van der Waals surface area contributed by atoms with E-state index in [1.807, 2.05) is 0 Å². The van der Waals surface area contributed by atoms with E-state index in [0.29, 0.717) is 0 Å². The van der Waals surface area contributed by atoms with E-state index < -0.39 is 0 Å². The molecule has 0 aliphatic carbocycles. The van der Waals surface area contributed by atoms with Gasteiger partial charge in [0.25, 0.3) is 0 Å². The maximum absolute atomic E-state index is 11.8. The lowest BCUT2D eigenvalue weighted by Gasteiger charge is -1.99. The summed E-state index contributed by atoms with van der Waals surface area (Å²) in [6.45, 7) is 2.13. The first-order valence-corrected chi connectivity index (χ1v) is 8.62. The molecule has 0 spiro atoms. The third kappa shape index (κ3) is 17.7. The molecule has 0 aliphatic heterocycles. The molecule has 0 aliphatic rings. The number of allylic oxidation sites excluding steroid dienone is 2. The van der Waals surface area contributed by atoms with Crippen LogP contribution in [0.4, 0.5) is 4.39 Å². The molecule has 0 rings (SSSR count). The van der Waals surface area contributed by atoms with Gasteiger partial charge in [-0.3, -0.25) is 4.39 Å². The summed E-state index contributed by atoms with van der Waals surface area (Å²) in [4.78, 5) is 0. The summed E-state index contributed by atoms with van der Waals surface area (Å²) in [6, 6.07) is 0. The number of unbranched alkanes of at least 4 members (excludes halogenated alkanes) is 12. The summed E-state index contributed by atoms with van der Waals surface area (Å²) in [5.74, 6) is 0. The van der Waals surface area contributed by atoms with Gasteiger partial charge in [-0.2, -0.15) is 0 Å². The molecule has 0 saturated heterocycles. The van der Waals surface area contributed by atoms with Crippen molar-refractivity contribution in [3.63, 3.8) is 0 Å². The van der Waals surface area contributed by atoms with E-state index in [9.17, 15) is 4.39 Å². The van der Waals surface area contributed by atoms with E-state index in [1.54, 1.807) is 0 Å². The minimum atomic E-state index is -0.138. The van der Waals surface area contributed by atoms with E-state index in [1.165, 1.54) is 77.0 Å².